The molecule has 0 bridgehead atoms. The number of carbonyl (C=O) groups excluding carboxylic acids is 1. The highest BCUT2D eigenvalue weighted by Gasteiger charge is 2.08. The molecule has 0 fully saturated rings. The van der Waals surface area contributed by atoms with Crippen LogP contribution in [0.5, 0.6) is 0 Å². The number of nitrogens with zero attached hydrogens (tertiary/aromatic N) is 1. The van der Waals surface area contributed by atoms with E-state index in [4.69, 9.17) is 0 Å². The highest BCUT2D eigenvalue weighted by Crippen LogP contribution is 2.18. The zero-order valence-electron chi connectivity index (χ0n) is 6.47. The van der Waals surface area contributed by atoms with Crippen LogP contribution in [0.2, 0.25) is 0 Å². The Labute approximate surface area is 87.6 Å². The lowest BCUT2D eigenvalue weighted by Crippen LogP contribution is -1.99. The van der Waals surface area contributed by atoms with Gasteiger partial charge in [0.25, 0.3) is 0 Å². The molecule has 1 rings (SSSR count). The standard InChI is InChI=1S/C8H7Br2NO/c1-2-6(12)5-3-4-7(9)11-8(5)10/h3-4H,2H2,1H3. The third-order valence-corrected chi connectivity index (χ3v) is 2.48. The molecule has 0 aliphatic heterocycles. The monoisotopic (exact) mass is 291 g/mol. The molecular formula is C8H7Br2NO. The molecule has 1 aromatic rings. The molecule has 0 N–H and O–H groups in total. The molecule has 0 saturated carbocycles. The van der Waals surface area contributed by atoms with Gasteiger partial charge in [-0.05, 0) is 44.0 Å². The Kier molecular flexibility index (Phi) is 3.40. The molecule has 4 heteroatoms. The maximum absolute atomic E-state index is 11.3. The molecule has 2 nitrogen and oxygen atoms in total. The van der Waals surface area contributed by atoms with Crippen LogP contribution in [0.25, 0.3) is 0 Å². The zero-order chi connectivity index (χ0) is 9.14. The summed E-state index contributed by atoms with van der Waals surface area (Å²) in [6.45, 7) is 1.83. The van der Waals surface area contributed by atoms with E-state index in [2.05, 4.69) is 36.8 Å². The molecule has 1 aromatic heterocycles. The van der Waals surface area contributed by atoms with Crippen molar-refractivity contribution in [3.05, 3.63) is 26.9 Å². The van der Waals surface area contributed by atoms with E-state index in [1.807, 2.05) is 6.92 Å². The van der Waals surface area contributed by atoms with E-state index in [1.54, 1.807) is 12.1 Å². The second kappa shape index (κ2) is 4.14. The quantitative estimate of drug-likeness (QED) is 0.619. The van der Waals surface area contributed by atoms with Gasteiger partial charge < -0.3 is 0 Å². The fraction of sp³-hybridized carbons (Fsp3) is 0.250. The third-order valence-electron chi connectivity index (χ3n) is 1.44. The summed E-state index contributed by atoms with van der Waals surface area (Å²) in [5.74, 6) is 0.0990. The molecule has 0 atom stereocenters. The number of hydrogen-bond donors (Lipinski definition) is 0. The molecule has 0 aliphatic rings. The van der Waals surface area contributed by atoms with Gasteiger partial charge in [0.15, 0.2) is 5.78 Å². The van der Waals surface area contributed by atoms with Gasteiger partial charge in [0, 0.05) is 6.42 Å². The summed E-state index contributed by atoms with van der Waals surface area (Å²) in [5.41, 5.74) is 0.640. The number of pyridine rings is 1. The van der Waals surface area contributed by atoms with Crippen molar-refractivity contribution in [2.45, 2.75) is 13.3 Å². The molecule has 0 unspecified atom stereocenters. The lowest BCUT2D eigenvalue weighted by Gasteiger charge is -2.00. The molecule has 0 aliphatic carbocycles. The van der Waals surface area contributed by atoms with Crippen molar-refractivity contribution in [2.24, 2.45) is 0 Å². The molecule has 0 spiro atoms. The number of rotatable bonds is 2. The van der Waals surface area contributed by atoms with Crippen molar-refractivity contribution in [3.63, 3.8) is 0 Å². The van der Waals surface area contributed by atoms with E-state index < -0.39 is 0 Å². The van der Waals surface area contributed by atoms with Gasteiger partial charge in [-0.1, -0.05) is 6.92 Å². The van der Waals surface area contributed by atoms with Crippen LogP contribution in [0.1, 0.15) is 23.7 Å². The molecule has 0 aromatic carbocycles. The highest BCUT2D eigenvalue weighted by molar-refractivity contribution is 9.11. The lowest BCUT2D eigenvalue weighted by atomic mass is 10.1. The third kappa shape index (κ3) is 2.14. The Bertz CT molecular complexity index is 312. The number of carbonyl (C=O) groups is 1. The first kappa shape index (κ1) is 9.86. The van der Waals surface area contributed by atoms with Crippen LogP contribution in [-0.4, -0.2) is 10.8 Å². The first-order valence-corrected chi connectivity index (χ1v) is 5.09. The molecule has 0 amide bonds. The Morgan fingerprint density at radius 2 is 2.17 bits per heavy atom. The summed E-state index contributed by atoms with van der Waals surface area (Å²) in [5, 5.41) is 0. The fourth-order valence-corrected chi connectivity index (χ4v) is 1.90. The predicted molar refractivity (Wildman–Crippen MR) is 54.3 cm³/mol. The van der Waals surface area contributed by atoms with Crippen molar-refractivity contribution < 1.29 is 4.79 Å². The molecule has 1 heterocycles. The number of ketones is 1. The number of hydrogen-bond acceptors (Lipinski definition) is 2. The van der Waals surface area contributed by atoms with Crippen LogP contribution < -0.4 is 0 Å². The second-order valence-electron chi connectivity index (χ2n) is 2.25. The lowest BCUT2D eigenvalue weighted by molar-refractivity contribution is 0.0987. The molecule has 12 heavy (non-hydrogen) atoms. The molecule has 64 valence electrons. The number of Topliss-reactive ketones (excluding diaryl/α,β-unsaturated/α-hetero) is 1. The first-order valence-electron chi connectivity index (χ1n) is 3.50. The summed E-state index contributed by atoms with van der Waals surface area (Å²) in [4.78, 5) is 15.3. The Morgan fingerprint density at radius 1 is 1.50 bits per heavy atom. The summed E-state index contributed by atoms with van der Waals surface area (Å²) in [7, 11) is 0. The van der Waals surface area contributed by atoms with Crippen molar-refractivity contribution in [2.75, 3.05) is 0 Å². The SMILES string of the molecule is CCC(=O)c1ccc(Br)nc1Br. The van der Waals surface area contributed by atoms with E-state index in [9.17, 15) is 4.79 Å². The maximum atomic E-state index is 11.3. The van der Waals surface area contributed by atoms with Crippen molar-refractivity contribution >= 4 is 37.6 Å². The minimum absolute atomic E-state index is 0.0990. The number of halogens is 2. The molecule has 0 saturated heterocycles. The summed E-state index contributed by atoms with van der Waals surface area (Å²) < 4.78 is 1.32. The van der Waals surface area contributed by atoms with Crippen molar-refractivity contribution in [3.8, 4) is 0 Å². The van der Waals surface area contributed by atoms with Gasteiger partial charge in [-0.3, -0.25) is 4.79 Å². The Morgan fingerprint density at radius 3 is 2.67 bits per heavy atom. The minimum atomic E-state index is 0.0990. The Hall–Kier alpha value is -0.220. The van der Waals surface area contributed by atoms with Crippen molar-refractivity contribution in [1.29, 1.82) is 0 Å². The first-order chi connectivity index (χ1) is 5.65. The maximum Gasteiger partial charge on any atom is 0.165 e. The summed E-state index contributed by atoms with van der Waals surface area (Å²) in [6, 6.07) is 3.51. The van der Waals surface area contributed by atoms with Gasteiger partial charge in [-0.25, -0.2) is 4.98 Å². The topological polar surface area (TPSA) is 30.0 Å². The van der Waals surface area contributed by atoms with Crippen LogP contribution in [0.4, 0.5) is 0 Å². The molecular weight excluding hydrogens is 286 g/mol. The van der Waals surface area contributed by atoms with Crippen molar-refractivity contribution in [1.82, 2.24) is 4.98 Å². The van der Waals surface area contributed by atoms with Gasteiger partial charge in [-0.2, -0.15) is 0 Å². The summed E-state index contributed by atoms with van der Waals surface area (Å²) >= 11 is 6.44. The van der Waals surface area contributed by atoms with Gasteiger partial charge in [0.05, 0.1) is 5.56 Å². The van der Waals surface area contributed by atoms with Crippen LogP contribution in [-0.2, 0) is 0 Å². The van der Waals surface area contributed by atoms with Crippen LogP contribution >= 0.6 is 31.9 Å². The predicted octanol–water partition coefficient (Wildman–Crippen LogP) is 3.20. The summed E-state index contributed by atoms with van der Waals surface area (Å²) in [6.07, 6.45) is 0.502. The van der Waals surface area contributed by atoms with Gasteiger partial charge in [0.2, 0.25) is 0 Å². The van der Waals surface area contributed by atoms with Gasteiger partial charge >= 0.3 is 0 Å². The minimum Gasteiger partial charge on any atom is -0.294 e. The second-order valence-corrected chi connectivity index (χ2v) is 3.81. The van der Waals surface area contributed by atoms with Gasteiger partial charge in [0.1, 0.15) is 9.21 Å². The van der Waals surface area contributed by atoms with Crippen LogP contribution in [0.15, 0.2) is 21.3 Å². The van der Waals surface area contributed by atoms with E-state index in [1.165, 1.54) is 0 Å². The Balaban J connectivity index is 3.09. The van der Waals surface area contributed by atoms with E-state index in [0.717, 1.165) is 4.60 Å². The van der Waals surface area contributed by atoms with Crippen LogP contribution in [0.3, 0.4) is 0 Å². The average Bonchev–Trinajstić information content (AvgIpc) is 2.03. The van der Waals surface area contributed by atoms with Crippen LogP contribution in [0, 0.1) is 0 Å². The fourth-order valence-electron chi connectivity index (χ4n) is 0.811. The normalized spacial score (nSPS) is 9.92. The largest absolute Gasteiger partial charge is 0.294 e. The van der Waals surface area contributed by atoms with Gasteiger partial charge in [-0.15, -0.1) is 0 Å². The van der Waals surface area contributed by atoms with E-state index in [0.29, 0.717) is 16.6 Å². The zero-order valence-corrected chi connectivity index (χ0v) is 9.65. The highest BCUT2D eigenvalue weighted by atomic mass is 79.9. The smallest absolute Gasteiger partial charge is 0.165 e. The molecule has 0 radical (unpaired) electrons. The number of aromatic nitrogens is 1. The van der Waals surface area contributed by atoms with E-state index >= 15 is 0 Å². The van der Waals surface area contributed by atoms with E-state index in [-0.39, 0.29) is 5.78 Å². The average molecular weight is 293 g/mol.